The Labute approximate surface area is 95.3 Å². The zero-order chi connectivity index (χ0) is 11.4. The smallest absolute Gasteiger partial charge is 0.122 e. The minimum atomic E-state index is 0.206. The van der Waals surface area contributed by atoms with Crippen LogP contribution in [0.5, 0.6) is 0 Å². The van der Waals surface area contributed by atoms with E-state index in [-0.39, 0.29) is 6.04 Å². The van der Waals surface area contributed by atoms with Crippen LogP contribution in [0.1, 0.15) is 31.5 Å². The number of hydrogen-bond acceptors (Lipinski definition) is 3. The van der Waals surface area contributed by atoms with Crippen LogP contribution in [0.3, 0.4) is 0 Å². The Morgan fingerprint density at radius 2 is 2.44 bits per heavy atom. The predicted octanol–water partition coefficient (Wildman–Crippen LogP) is 2.35. The summed E-state index contributed by atoms with van der Waals surface area (Å²) in [5.74, 6) is 2.01. The lowest BCUT2D eigenvalue weighted by Gasteiger charge is -2.11. The van der Waals surface area contributed by atoms with Crippen LogP contribution in [0, 0.1) is 0 Å². The van der Waals surface area contributed by atoms with Gasteiger partial charge in [0.15, 0.2) is 0 Å². The molecule has 0 bridgehead atoms. The van der Waals surface area contributed by atoms with Crippen molar-refractivity contribution < 1.29 is 4.42 Å². The molecule has 4 heteroatoms. The van der Waals surface area contributed by atoms with E-state index in [0.29, 0.717) is 0 Å². The highest BCUT2D eigenvalue weighted by molar-refractivity contribution is 5.03. The molecule has 0 aliphatic carbocycles. The van der Waals surface area contributed by atoms with Crippen LogP contribution in [0.15, 0.2) is 35.2 Å². The molecule has 2 rings (SSSR count). The van der Waals surface area contributed by atoms with E-state index in [1.807, 2.05) is 24.5 Å². The van der Waals surface area contributed by atoms with Crippen molar-refractivity contribution >= 4 is 0 Å². The van der Waals surface area contributed by atoms with Crippen molar-refractivity contribution in [3.8, 4) is 0 Å². The van der Waals surface area contributed by atoms with Crippen LogP contribution in [0.2, 0.25) is 0 Å². The number of rotatable bonds is 5. The van der Waals surface area contributed by atoms with Crippen molar-refractivity contribution in [1.29, 1.82) is 0 Å². The Morgan fingerprint density at radius 1 is 1.56 bits per heavy atom. The summed E-state index contributed by atoms with van der Waals surface area (Å²) in [6.07, 6.45) is 5.52. The number of hydrogen-bond donors (Lipinski definition) is 1. The first-order valence-electron chi connectivity index (χ1n) is 5.58. The maximum atomic E-state index is 5.33. The molecule has 1 unspecified atom stereocenters. The first kappa shape index (κ1) is 11.0. The average Bonchev–Trinajstić information content (AvgIpc) is 2.96. The lowest BCUT2D eigenvalue weighted by Crippen LogP contribution is -2.20. The van der Waals surface area contributed by atoms with Crippen molar-refractivity contribution in [1.82, 2.24) is 14.9 Å². The minimum absolute atomic E-state index is 0.206. The summed E-state index contributed by atoms with van der Waals surface area (Å²) in [6, 6.07) is 4.08. The zero-order valence-corrected chi connectivity index (χ0v) is 9.68. The Kier molecular flexibility index (Phi) is 3.41. The van der Waals surface area contributed by atoms with E-state index in [2.05, 4.69) is 28.7 Å². The molecule has 0 aromatic carbocycles. The molecular weight excluding hydrogens is 202 g/mol. The van der Waals surface area contributed by atoms with Gasteiger partial charge in [0.2, 0.25) is 0 Å². The van der Waals surface area contributed by atoms with Crippen LogP contribution in [0.4, 0.5) is 0 Å². The number of aryl methyl sites for hydroxylation is 1. The molecule has 0 spiro atoms. The van der Waals surface area contributed by atoms with E-state index in [0.717, 1.165) is 24.7 Å². The molecule has 2 heterocycles. The quantitative estimate of drug-likeness (QED) is 0.839. The Balaban J connectivity index is 1.92. The average molecular weight is 219 g/mol. The predicted molar refractivity (Wildman–Crippen MR) is 61.9 cm³/mol. The largest absolute Gasteiger partial charge is 0.468 e. The molecule has 0 radical (unpaired) electrons. The normalized spacial score (nSPS) is 12.9. The lowest BCUT2D eigenvalue weighted by molar-refractivity contribution is 0.424. The van der Waals surface area contributed by atoms with Gasteiger partial charge in [0, 0.05) is 18.9 Å². The fourth-order valence-corrected chi connectivity index (χ4v) is 1.68. The number of furan rings is 1. The molecule has 0 fully saturated rings. The summed E-state index contributed by atoms with van der Waals surface area (Å²) in [6.45, 7) is 5.90. The van der Waals surface area contributed by atoms with E-state index < -0.39 is 0 Å². The third-order valence-corrected chi connectivity index (χ3v) is 2.68. The summed E-state index contributed by atoms with van der Waals surface area (Å²) < 4.78 is 7.46. The van der Waals surface area contributed by atoms with Crippen molar-refractivity contribution in [2.75, 3.05) is 0 Å². The lowest BCUT2D eigenvalue weighted by atomic mass is 10.2. The standard InChI is InChI=1S/C12H17N3O/c1-3-15-7-6-13-12(15)9-14-10(2)11-5-4-8-16-11/h4-8,10,14H,3,9H2,1-2H3. The van der Waals surface area contributed by atoms with E-state index >= 15 is 0 Å². The van der Waals surface area contributed by atoms with Gasteiger partial charge in [-0.15, -0.1) is 0 Å². The molecule has 2 aromatic rings. The Bertz CT molecular complexity index is 419. The second kappa shape index (κ2) is 4.99. The van der Waals surface area contributed by atoms with Crippen molar-refractivity contribution in [2.45, 2.75) is 33.0 Å². The molecule has 16 heavy (non-hydrogen) atoms. The van der Waals surface area contributed by atoms with Crippen molar-refractivity contribution in [3.63, 3.8) is 0 Å². The summed E-state index contributed by atoms with van der Waals surface area (Å²) in [7, 11) is 0. The van der Waals surface area contributed by atoms with Crippen LogP contribution in [-0.2, 0) is 13.1 Å². The van der Waals surface area contributed by atoms with E-state index in [1.165, 1.54) is 0 Å². The van der Waals surface area contributed by atoms with Gasteiger partial charge < -0.3 is 14.3 Å². The van der Waals surface area contributed by atoms with Crippen molar-refractivity contribution in [3.05, 3.63) is 42.4 Å². The summed E-state index contributed by atoms with van der Waals surface area (Å²) in [4.78, 5) is 4.31. The highest BCUT2D eigenvalue weighted by Crippen LogP contribution is 2.12. The van der Waals surface area contributed by atoms with Gasteiger partial charge >= 0.3 is 0 Å². The van der Waals surface area contributed by atoms with Gasteiger partial charge in [-0.25, -0.2) is 4.98 Å². The third kappa shape index (κ3) is 2.33. The third-order valence-electron chi connectivity index (χ3n) is 2.68. The number of nitrogens with zero attached hydrogens (tertiary/aromatic N) is 2. The number of nitrogens with one attached hydrogen (secondary N) is 1. The molecule has 2 aromatic heterocycles. The minimum Gasteiger partial charge on any atom is -0.468 e. The molecular formula is C12H17N3O. The van der Waals surface area contributed by atoms with E-state index in [1.54, 1.807) is 6.26 Å². The first-order chi connectivity index (χ1) is 7.81. The monoisotopic (exact) mass is 219 g/mol. The van der Waals surface area contributed by atoms with Crippen LogP contribution < -0.4 is 5.32 Å². The van der Waals surface area contributed by atoms with E-state index in [9.17, 15) is 0 Å². The molecule has 0 aliphatic heterocycles. The van der Waals surface area contributed by atoms with Gasteiger partial charge in [-0.3, -0.25) is 0 Å². The Morgan fingerprint density at radius 3 is 3.12 bits per heavy atom. The first-order valence-corrected chi connectivity index (χ1v) is 5.58. The van der Waals surface area contributed by atoms with Gasteiger partial charge in [-0.1, -0.05) is 0 Å². The molecule has 0 saturated carbocycles. The summed E-state index contributed by atoms with van der Waals surface area (Å²) >= 11 is 0. The van der Waals surface area contributed by atoms with Crippen molar-refractivity contribution in [2.24, 2.45) is 0 Å². The SMILES string of the molecule is CCn1ccnc1CNC(C)c1ccco1. The van der Waals surface area contributed by atoms with Gasteiger partial charge in [0.25, 0.3) is 0 Å². The second-order valence-electron chi connectivity index (χ2n) is 3.75. The highest BCUT2D eigenvalue weighted by Gasteiger charge is 2.08. The fraction of sp³-hybridized carbons (Fsp3) is 0.417. The molecule has 0 saturated heterocycles. The number of aromatic nitrogens is 2. The molecule has 0 amide bonds. The van der Waals surface area contributed by atoms with Gasteiger partial charge in [-0.05, 0) is 26.0 Å². The molecule has 1 N–H and O–H groups in total. The molecule has 4 nitrogen and oxygen atoms in total. The Hall–Kier alpha value is -1.55. The highest BCUT2D eigenvalue weighted by atomic mass is 16.3. The summed E-state index contributed by atoms with van der Waals surface area (Å²) in [5, 5.41) is 3.39. The van der Waals surface area contributed by atoms with Crippen LogP contribution >= 0.6 is 0 Å². The van der Waals surface area contributed by atoms with Crippen LogP contribution in [-0.4, -0.2) is 9.55 Å². The maximum Gasteiger partial charge on any atom is 0.122 e. The molecule has 86 valence electrons. The van der Waals surface area contributed by atoms with E-state index in [4.69, 9.17) is 4.42 Å². The van der Waals surface area contributed by atoms with Crippen LogP contribution in [0.25, 0.3) is 0 Å². The fourth-order valence-electron chi connectivity index (χ4n) is 1.68. The van der Waals surface area contributed by atoms with Gasteiger partial charge in [0.05, 0.1) is 18.8 Å². The molecule has 1 atom stereocenters. The second-order valence-corrected chi connectivity index (χ2v) is 3.75. The zero-order valence-electron chi connectivity index (χ0n) is 9.68. The molecule has 0 aliphatic rings. The topological polar surface area (TPSA) is 43.0 Å². The summed E-state index contributed by atoms with van der Waals surface area (Å²) in [5.41, 5.74) is 0. The number of imidazole rings is 1. The van der Waals surface area contributed by atoms with Gasteiger partial charge in [-0.2, -0.15) is 0 Å². The van der Waals surface area contributed by atoms with Gasteiger partial charge in [0.1, 0.15) is 11.6 Å². The maximum absolute atomic E-state index is 5.33.